The van der Waals surface area contributed by atoms with Gasteiger partial charge in [-0.2, -0.15) is 0 Å². The second kappa shape index (κ2) is 9.21. The summed E-state index contributed by atoms with van der Waals surface area (Å²) < 4.78 is 0. The maximum Gasteiger partial charge on any atom is 0.259 e. The Hall–Kier alpha value is -2.43. The van der Waals surface area contributed by atoms with Crippen LogP contribution in [0, 0.1) is 0 Å². The van der Waals surface area contributed by atoms with E-state index in [4.69, 9.17) is 0 Å². The van der Waals surface area contributed by atoms with Gasteiger partial charge in [-0.15, -0.1) is 23.1 Å². The number of aromatic amines is 1. The van der Waals surface area contributed by atoms with Crippen molar-refractivity contribution in [1.29, 1.82) is 0 Å². The van der Waals surface area contributed by atoms with E-state index in [-0.39, 0.29) is 17.2 Å². The number of hydrogen-bond donors (Lipinski definition) is 2. The van der Waals surface area contributed by atoms with Crippen molar-refractivity contribution in [2.45, 2.75) is 25.0 Å². The number of carbonyl (C=O) groups is 1. The molecule has 1 fully saturated rings. The maximum atomic E-state index is 12.5. The molecule has 4 heterocycles. The minimum absolute atomic E-state index is 0.0547. The highest BCUT2D eigenvalue weighted by Gasteiger charge is 2.21. The summed E-state index contributed by atoms with van der Waals surface area (Å²) in [5.41, 5.74) is 1.82. The number of nitrogens with zero attached hydrogens (tertiary/aromatic N) is 4. The zero-order chi connectivity index (χ0) is 22.1. The molecule has 0 saturated carbocycles. The number of pyridine rings is 1. The zero-order valence-electron chi connectivity index (χ0n) is 18.0. The predicted octanol–water partition coefficient (Wildman–Crippen LogP) is 2.49. The number of carbonyl (C=O) groups excluding carboxylic acids is 1. The fourth-order valence-electron chi connectivity index (χ4n) is 4.24. The molecule has 0 atom stereocenters. The number of amides is 1. The first kappa shape index (κ1) is 21.4. The summed E-state index contributed by atoms with van der Waals surface area (Å²) in [6.45, 7) is 3.97. The van der Waals surface area contributed by atoms with Crippen LogP contribution in [0.3, 0.4) is 0 Å². The summed E-state index contributed by atoms with van der Waals surface area (Å²) in [5.74, 6) is 2.24. The van der Waals surface area contributed by atoms with Gasteiger partial charge in [0.1, 0.15) is 16.5 Å². The molecule has 0 spiro atoms. The van der Waals surface area contributed by atoms with E-state index < -0.39 is 0 Å². The van der Waals surface area contributed by atoms with Gasteiger partial charge in [-0.3, -0.25) is 9.59 Å². The fourth-order valence-corrected chi connectivity index (χ4v) is 6.21. The highest BCUT2D eigenvalue weighted by molar-refractivity contribution is 7.99. The zero-order valence-corrected chi connectivity index (χ0v) is 19.7. The van der Waals surface area contributed by atoms with Crippen LogP contribution in [-0.2, 0) is 23.4 Å². The number of H-pyrrole nitrogens is 1. The van der Waals surface area contributed by atoms with Gasteiger partial charge in [0.15, 0.2) is 0 Å². The average molecular weight is 471 g/mol. The monoisotopic (exact) mass is 470 g/mol. The number of likely N-dealkylation sites (N-methyl/N-ethyl adjacent to an activating group) is 1. The van der Waals surface area contributed by atoms with Crippen LogP contribution >= 0.6 is 23.1 Å². The Labute approximate surface area is 194 Å². The van der Waals surface area contributed by atoms with E-state index >= 15 is 0 Å². The Morgan fingerprint density at radius 3 is 2.88 bits per heavy atom. The van der Waals surface area contributed by atoms with E-state index in [1.54, 1.807) is 17.5 Å². The van der Waals surface area contributed by atoms with Crippen LogP contribution in [0.1, 0.15) is 22.7 Å². The van der Waals surface area contributed by atoms with Crippen LogP contribution in [0.5, 0.6) is 0 Å². The summed E-state index contributed by atoms with van der Waals surface area (Å²) in [5, 5.41) is 3.66. The highest BCUT2D eigenvalue weighted by atomic mass is 32.2. The third-order valence-corrected chi connectivity index (χ3v) is 8.08. The van der Waals surface area contributed by atoms with Crippen molar-refractivity contribution >= 4 is 50.7 Å². The second-order valence-corrected chi connectivity index (χ2v) is 10.4. The molecule has 0 aromatic carbocycles. The van der Waals surface area contributed by atoms with E-state index in [0.717, 1.165) is 61.5 Å². The minimum atomic E-state index is -0.0947. The maximum absolute atomic E-state index is 12.5. The normalized spacial score (nSPS) is 16.5. The van der Waals surface area contributed by atoms with Gasteiger partial charge in [0, 0.05) is 31.1 Å². The SMILES string of the molecule is CN1CCN(c2ccc(NC(=O)CSCc3nc4sc5c(c4c(=O)[nH]3)CCC5)cn2)CC1. The Morgan fingerprint density at radius 1 is 1.25 bits per heavy atom. The van der Waals surface area contributed by atoms with Crippen molar-refractivity contribution in [3.63, 3.8) is 0 Å². The number of thioether (sulfide) groups is 1. The molecule has 0 radical (unpaired) electrons. The highest BCUT2D eigenvalue weighted by Crippen LogP contribution is 2.34. The third kappa shape index (κ3) is 4.53. The van der Waals surface area contributed by atoms with Crippen molar-refractivity contribution < 1.29 is 4.79 Å². The minimum Gasteiger partial charge on any atom is -0.354 e. The van der Waals surface area contributed by atoms with Gasteiger partial charge in [0.25, 0.3) is 5.56 Å². The fraction of sp³-hybridized carbons (Fsp3) is 0.455. The first-order chi connectivity index (χ1) is 15.6. The molecule has 5 rings (SSSR count). The Morgan fingerprint density at radius 2 is 2.09 bits per heavy atom. The third-order valence-electron chi connectivity index (χ3n) is 5.95. The number of piperazine rings is 1. The Balaban J connectivity index is 1.13. The molecule has 2 aliphatic rings. The smallest absolute Gasteiger partial charge is 0.259 e. The van der Waals surface area contributed by atoms with Gasteiger partial charge in [-0.05, 0) is 44.0 Å². The second-order valence-electron chi connectivity index (χ2n) is 8.29. The van der Waals surface area contributed by atoms with Crippen molar-refractivity contribution in [2.24, 2.45) is 0 Å². The predicted molar refractivity (Wildman–Crippen MR) is 131 cm³/mol. The first-order valence-electron chi connectivity index (χ1n) is 10.9. The van der Waals surface area contributed by atoms with Gasteiger partial charge >= 0.3 is 0 Å². The van der Waals surface area contributed by atoms with Gasteiger partial charge in [-0.25, -0.2) is 9.97 Å². The molecule has 1 saturated heterocycles. The molecular weight excluding hydrogens is 444 g/mol. The van der Waals surface area contributed by atoms with Crippen LogP contribution in [-0.4, -0.2) is 64.7 Å². The lowest BCUT2D eigenvalue weighted by atomic mass is 10.2. The van der Waals surface area contributed by atoms with E-state index in [1.807, 2.05) is 12.1 Å². The van der Waals surface area contributed by atoms with E-state index in [2.05, 4.69) is 37.1 Å². The summed E-state index contributed by atoms with van der Waals surface area (Å²) >= 11 is 3.07. The molecule has 1 aliphatic carbocycles. The molecule has 1 amide bonds. The standard InChI is InChI=1S/C22H26N6O2S2/c1-27-7-9-28(10-8-27)18-6-5-14(11-23-18)24-19(29)13-31-12-17-25-21(30)20-15-3-2-4-16(15)32-22(20)26-17/h5-6,11H,2-4,7-10,12-13H2,1H3,(H,24,29)(H,25,26,30). The van der Waals surface area contributed by atoms with Gasteiger partial charge in [-0.1, -0.05) is 0 Å². The van der Waals surface area contributed by atoms with Gasteiger partial charge in [0.2, 0.25) is 5.91 Å². The summed E-state index contributed by atoms with van der Waals surface area (Å²) in [6.07, 6.45) is 4.85. The number of thiophene rings is 1. The Kier molecular flexibility index (Phi) is 6.16. The van der Waals surface area contributed by atoms with Crippen LogP contribution < -0.4 is 15.8 Å². The molecular formula is C22H26N6O2S2. The molecule has 0 unspecified atom stereocenters. The van der Waals surface area contributed by atoms with Crippen molar-refractivity contribution in [3.8, 4) is 0 Å². The summed E-state index contributed by atoms with van der Waals surface area (Å²) in [4.78, 5) is 43.6. The van der Waals surface area contributed by atoms with Crippen LogP contribution in [0.4, 0.5) is 11.5 Å². The van der Waals surface area contributed by atoms with Crippen molar-refractivity contribution in [1.82, 2.24) is 19.9 Å². The largest absolute Gasteiger partial charge is 0.354 e. The number of anilines is 2. The van der Waals surface area contributed by atoms with E-state index in [0.29, 0.717) is 17.3 Å². The number of rotatable bonds is 6. The lowest BCUT2D eigenvalue weighted by molar-refractivity contribution is -0.113. The molecule has 1 aliphatic heterocycles. The summed E-state index contributed by atoms with van der Waals surface area (Å²) in [6, 6.07) is 3.85. The van der Waals surface area contributed by atoms with Crippen molar-refractivity contribution in [2.75, 3.05) is 49.2 Å². The van der Waals surface area contributed by atoms with Crippen LogP contribution in [0.25, 0.3) is 10.2 Å². The number of nitrogens with one attached hydrogen (secondary N) is 2. The topological polar surface area (TPSA) is 94.2 Å². The number of aryl methyl sites for hydroxylation is 2. The number of aromatic nitrogens is 3. The van der Waals surface area contributed by atoms with Gasteiger partial charge in [0.05, 0.1) is 28.8 Å². The average Bonchev–Trinajstić information content (AvgIpc) is 3.36. The molecule has 3 aromatic heterocycles. The lowest BCUT2D eigenvalue weighted by Crippen LogP contribution is -2.44. The van der Waals surface area contributed by atoms with Crippen molar-refractivity contribution in [3.05, 3.63) is 44.9 Å². The molecule has 32 heavy (non-hydrogen) atoms. The summed E-state index contributed by atoms with van der Waals surface area (Å²) in [7, 11) is 2.13. The van der Waals surface area contributed by atoms with Gasteiger partial charge < -0.3 is 20.1 Å². The first-order valence-corrected chi connectivity index (χ1v) is 12.8. The van der Waals surface area contributed by atoms with Crippen LogP contribution in [0.15, 0.2) is 23.1 Å². The molecule has 168 valence electrons. The molecule has 0 bridgehead atoms. The number of hydrogen-bond acceptors (Lipinski definition) is 8. The number of fused-ring (bicyclic) bond motifs is 3. The molecule has 2 N–H and O–H groups in total. The van der Waals surface area contributed by atoms with E-state index in [1.165, 1.54) is 22.2 Å². The Bertz CT molecular complexity index is 1180. The molecule has 3 aromatic rings. The van der Waals surface area contributed by atoms with Crippen LogP contribution in [0.2, 0.25) is 0 Å². The lowest BCUT2D eigenvalue weighted by Gasteiger charge is -2.33. The quantitative estimate of drug-likeness (QED) is 0.572. The van der Waals surface area contributed by atoms with E-state index in [9.17, 15) is 9.59 Å². The molecule has 8 nitrogen and oxygen atoms in total. The molecule has 10 heteroatoms.